The van der Waals surface area contributed by atoms with Gasteiger partial charge >= 0.3 is 0 Å². The number of benzene rings is 4. The Morgan fingerprint density at radius 3 is 2.43 bits per heavy atom. The van der Waals surface area contributed by atoms with E-state index in [9.17, 15) is 4.79 Å². The quantitative estimate of drug-likeness (QED) is 0.146. The van der Waals surface area contributed by atoms with Gasteiger partial charge in [0.05, 0.1) is 11.5 Å². The average molecular weight is 526 g/mol. The predicted molar refractivity (Wildman–Crippen MR) is 152 cm³/mol. The van der Waals surface area contributed by atoms with E-state index in [0.717, 1.165) is 38.9 Å². The molecule has 0 unspecified atom stereocenters. The number of aromatic nitrogens is 3. The van der Waals surface area contributed by atoms with E-state index < -0.39 is 0 Å². The second kappa shape index (κ2) is 11.0. The van der Waals surface area contributed by atoms with Gasteiger partial charge in [0, 0.05) is 16.3 Å². The number of hydrogen-bond acceptors (Lipinski definition) is 5. The number of nitrogens with one attached hydrogen (secondary N) is 1. The van der Waals surface area contributed by atoms with Gasteiger partial charge in [0.15, 0.2) is 11.0 Å². The standard InChI is InChI=1S/C29H24ClN5OS/c1-19-7-15-26(16-8-19)35-28(22-11-13-25(30)14-12-22)33-34-29(35)37-18-27(36)32-31-20(2)23-10-9-21-5-3-4-6-24(21)17-23/h3-17H,18H2,1-2H3,(H,32,36)/b31-20+. The van der Waals surface area contributed by atoms with Crippen molar-refractivity contribution in [3.8, 4) is 17.1 Å². The molecular weight excluding hydrogens is 502 g/mol. The highest BCUT2D eigenvalue weighted by molar-refractivity contribution is 7.99. The van der Waals surface area contributed by atoms with Crippen LogP contribution in [0.25, 0.3) is 27.8 Å². The summed E-state index contributed by atoms with van der Waals surface area (Å²) in [7, 11) is 0. The van der Waals surface area contributed by atoms with Crippen LogP contribution in [0.4, 0.5) is 0 Å². The van der Waals surface area contributed by atoms with Crippen LogP contribution < -0.4 is 5.43 Å². The molecule has 1 heterocycles. The lowest BCUT2D eigenvalue weighted by molar-refractivity contribution is -0.118. The molecule has 5 rings (SSSR count). The number of aryl methyl sites for hydroxylation is 1. The Morgan fingerprint density at radius 1 is 0.946 bits per heavy atom. The van der Waals surface area contributed by atoms with Crippen molar-refractivity contribution >= 4 is 45.8 Å². The molecular formula is C29H24ClN5OS. The number of hydrazone groups is 1. The third kappa shape index (κ3) is 5.74. The van der Waals surface area contributed by atoms with E-state index in [2.05, 4.69) is 45.0 Å². The topological polar surface area (TPSA) is 72.2 Å². The van der Waals surface area contributed by atoms with E-state index in [1.165, 1.54) is 11.8 Å². The second-order valence-electron chi connectivity index (χ2n) is 8.57. The Hall–Kier alpha value is -3.94. The smallest absolute Gasteiger partial charge is 0.250 e. The van der Waals surface area contributed by atoms with Crippen LogP contribution in [0.1, 0.15) is 18.1 Å². The van der Waals surface area contributed by atoms with E-state index in [1.54, 1.807) is 0 Å². The third-order valence-corrected chi connectivity index (χ3v) is 7.06. The lowest BCUT2D eigenvalue weighted by Crippen LogP contribution is -2.21. The van der Waals surface area contributed by atoms with Crippen LogP contribution in [-0.4, -0.2) is 32.1 Å². The number of rotatable bonds is 7. The van der Waals surface area contributed by atoms with Crippen molar-refractivity contribution in [3.63, 3.8) is 0 Å². The molecule has 0 saturated heterocycles. The summed E-state index contributed by atoms with van der Waals surface area (Å²) in [6.07, 6.45) is 0. The molecule has 0 aliphatic carbocycles. The van der Waals surface area contributed by atoms with E-state index in [1.807, 2.05) is 85.1 Å². The number of amides is 1. The zero-order valence-corrected chi connectivity index (χ0v) is 21.9. The van der Waals surface area contributed by atoms with Crippen molar-refractivity contribution < 1.29 is 4.79 Å². The minimum atomic E-state index is -0.225. The third-order valence-electron chi connectivity index (χ3n) is 5.88. The molecule has 0 aliphatic rings. The monoisotopic (exact) mass is 525 g/mol. The fraction of sp³-hybridized carbons (Fsp3) is 0.103. The number of halogens is 1. The molecule has 1 amide bonds. The molecule has 4 aromatic carbocycles. The average Bonchev–Trinajstić information content (AvgIpc) is 3.35. The van der Waals surface area contributed by atoms with Crippen LogP contribution >= 0.6 is 23.4 Å². The van der Waals surface area contributed by atoms with Gasteiger partial charge in [-0.25, -0.2) is 5.43 Å². The molecule has 6 nitrogen and oxygen atoms in total. The van der Waals surface area contributed by atoms with Crippen LogP contribution in [0.2, 0.25) is 5.02 Å². The van der Waals surface area contributed by atoms with Gasteiger partial charge in [-0.15, -0.1) is 10.2 Å². The summed E-state index contributed by atoms with van der Waals surface area (Å²) in [5, 5.41) is 16.7. The first-order valence-corrected chi connectivity index (χ1v) is 13.1. The number of fused-ring (bicyclic) bond motifs is 1. The second-order valence-corrected chi connectivity index (χ2v) is 9.95. The number of carbonyl (C=O) groups excluding carboxylic acids is 1. The van der Waals surface area contributed by atoms with E-state index in [0.29, 0.717) is 16.0 Å². The summed E-state index contributed by atoms with van der Waals surface area (Å²) in [5.74, 6) is 0.587. The fourth-order valence-corrected chi connectivity index (χ4v) is 4.73. The number of hydrogen-bond donors (Lipinski definition) is 1. The summed E-state index contributed by atoms with van der Waals surface area (Å²) < 4.78 is 1.95. The molecule has 184 valence electrons. The molecule has 37 heavy (non-hydrogen) atoms. The first-order valence-electron chi connectivity index (χ1n) is 11.7. The van der Waals surface area contributed by atoms with Crippen LogP contribution in [0.5, 0.6) is 0 Å². The van der Waals surface area contributed by atoms with Crippen molar-refractivity contribution in [3.05, 3.63) is 107 Å². The Kier molecular flexibility index (Phi) is 7.35. The van der Waals surface area contributed by atoms with Crippen molar-refractivity contribution in [2.45, 2.75) is 19.0 Å². The molecule has 0 atom stereocenters. The van der Waals surface area contributed by atoms with Gasteiger partial charge in [0.25, 0.3) is 5.91 Å². The Balaban J connectivity index is 1.33. The van der Waals surface area contributed by atoms with Crippen molar-refractivity contribution in [1.29, 1.82) is 0 Å². The molecule has 1 N–H and O–H groups in total. The lowest BCUT2D eigenvalue weighted by Gasteiger charge is -2.11. The minimum absolute atomic E-state index is 0.138. The van der Waals surface area contributed by atoms with E-state index >= 15 is 0 Å². The number of nitrogens with zero attached hydrogens (tertiary/aromatic N) is 4. The molecule has 0 spiro atoms. The van der Waals surface area contributed by atoms with Gasteiger partial charge in [0.2, 0.25) is 0 Å². The maximum absolute atomic E-state index is 12.7. The minimum Gasteiger partial charge on any atom is -0.272 e. The molecule has 1 aromatic heterocycles. The van der Waals surface area contributed by atoms with Crippen LogP contribution in [0.3, 0.4) is 0 Å². The van der Waals surface area contributed by atoms with Gasteiger partial charge in [-0.3, -0.25) is 9.36 Å². The molecule has 0 bridgehead atoms. The summed E-state index contributed by atoms with van der Waals surface area (Å²) in [5.41, 5.74) is 7.30. The van der Waals surface area contributed by atoms with Crippen LogP contribution in [-0.2, 0) is 4.79 Å². The Bertz CT molecular complexity index is 1590. The zero-order chi connectivity index (χ0) is 25.8. The first-order chi connectivity index (χ1) is 18.0. The predicted octanol–water partition coefficient (Wildman–Crippen LogP) is 6.68. The molecule has 0 saturated carbocycles. The highest BCUT2D eigenvalue weighted by Crippen LogP contribution is 2.29. The van der Waals surface area contributed by atoms with Gasteiger partial charge in [-0.1, -0.05) is 77.5 Å². The maximum atomic E-state index is 12.7. The van der Waals surface area contributed by atoms with Gasteiger partial charge < -0.3 is 0 Å². The number of thioether (sulfide) groups is 1. The summed E-state index contributed by atoms with van der Waals surface area (Å²) in [6.45, 7) is 3.92. The molecule has 5 aromatic rings. The SMILES string of the molecule is C/C(=N\NC(=O)CSc1nnc(-c2ccc(Cl)cc2)n1-c1ccc(C)cc1)c1ccc2ccccc2c1. The zero-order valence-electron chi connectivity index (χ0n) is 20.4. The van der Waals surface area contributed by atoms with Gasteiger partial charge in [0.1, 0.15) is 0 Å². The highest BCUT2D eigenvalue weighted by atomic mass is 35.5. The van der Waals surface area contributed by atoms with Crippen molar-refractivity contribution in [2.75, 3.05) is 5.75 Å². The fourth-order valence-electron chi connectivity index (χ4n) is 3.86. The largest absolute Gasteiger partial charge is 0.272 e. The molecule has 0 fully saturated rings. The Morgan fingerprint density at radius 2 is 1.68 bits per heavy atom. The van der Waals surface area contributed by atoms with Gasteiger partial charge in [-0.2, -0.15) is 5.10 Å². The Labute approximate surface area is 224 Å². The molecule has 8 heteroatoms. The maximum Gasteiger partial charge on any atom is 0.250 e. The summed E-state index contributed by atoms with van der Waals surface area (Å²) in [4.78, 5) is 12.7. The number of carbonyl (C=O) groups is 1. The van der Waals surface area contributed by atoms with Crippen molar-refractivity contribution in [2.24, 2.45) is 5.10 Å². The summed E-state index contributed by atoms with van der Waals surface area (Å²) >= 11 is 7.38. The van der Waals surface area contributed by atoms with Crippen molar-refractivity contribution in [1.82, 2.24) is 20.2 Å². The van der Waals surface area contributed by atoms with Crippen LogP contribution in [0.15, 0.2) is 101 Å². The van der Waals surface area contributed by atoms with E-state index in [-0.39, 0.29) is 11.7 Å². The summed E-state index contributed by atoms with van der Waals surface area (Å²) in [6, 6.07) is 29.8. The normalized spacial score (nSPS) is 11.6. The first kappa shape index (κ1) is 24.7. The van der Waals surface area contributed by atoms with Crippen LogP contribution in [0, 0.1) is 6.92 Å². The highest BCUT2D eigenvalue weighted by Gasteiger charge is 2.17. The molecule has 0 radical (unpaired) electrons. The molecule has 0 aliphatic heterocycles. The van der Waals surface area contributed by atoms with E-state index in [4.69, 9.17) is 11.6 Å². The lowest BCUT2D eigenvalue weighted by atomic mass is 10.0. The van der Waals surface area contributed by atoms with Gasteiger partial charge in [-0.05, 0) is 72.6 Å².